The summed E-state index contributed by atoms with van der Waals surface area (Å²) in [6, 6.07) is 3.37. The number of pyridine rings is 1. The molecular weight excluding hydrogens is 282 g/mol. The normalized spacial score (nSPS) is 25.9. The second-order valence-corrected chi connectivity index (χ2v) is 7.24. The first kappa shape index (κ1) is 15.1. The second kappa shape index (κ2) is 6.53. The molecule has 0 bridgehead atoms. The van der Waals surface area contributed by atoms with E-state index < -0.39 is 0 Å². The molecule has 0 unspecified atom stereocenters. The van der Waals surface area contributed by atoms with E-state index >= 15 is 0 Å². The predicted molar refractivity (Wildman–Crippen MR) is 88.9 cm³/mol. The Hall–Kier alpha value is -0.800. The molecule has 4 heteroatoms. The first-order chi connectivity index (χ1) is 10.1. The van der Waals surface area contributed by atoms with Gasteiger partial charge in [-0.25, -0.2) is 4.98 Å². The number of halogens is 1. The van der Waals surface area contributed by atoms with E-state index in [9.17, 15) is 0 Å². The molecule has 0 radical (unpaired) electrons. The maximum Gasteiger partial charge on any atom is 0.147 e. The van der Waals surface area contributed by atoms with Crippen molar-refractivity contribution < 1.29 is 0 Å². The summed E-state index contributed by atoms with van der Waals surface area (Å²) in [7, 11) is 2.14. The van der Waals surface area contributed by atoms with E-state index in [1.165, 1.54) is 44.1 Å². The van der Waals surface area contributed by atoms with Gasteiger partial charge in [-0.2, -0.15) is 0 Å². The molecule has 1 aromatic rings. The van der Waals surface area contributed by atoms with Crippen LogP contribution >= 0.6 is 11.6 Å². The molecular formula is C17H26ClN3. The number of hydrogen-bond donors (Lipinski definition) is 1. The van der Waals surface area contributed by atoms with Crippen LogP contribution < -0.4 is 10.2 Å². The zero-order valence-corrected chi connectivity index (χ0v) is 13.9. The Bertz CT molecular complexity index is 479. The van der Waals surface area contributed by atoms with E-state index in [4.69, 9.17) is 11.6 Å². The first-order valence-electron chi connectivity index (χ1n) is 8.24. The zero-order valence-electron chi connectivity index (χ0n) is 13.1. The van der Waals surface area contributed by atoms with Gasteiger partial charge in [-0.05, 0) is 56.1 Å². The van der Waals surface area contributed by atoms with Crippen LogP contribution in [-0.2, 0) is 6.54 Å². The number of rotatable bonds is 5. The molecule has 0 amide bonds. The Morgan fingerprint density at radius 3 is 2.57 bits per heavy atom. The molecule has 1 N–H and O–H groups in total. The highest BCUT2D eigenvalue weighted by Crippen LogP contribution is 2.32. The summed E-state index contributed by atoms with van der Waals surface area (Å²) in [4.78, 5) is 6.91. The van der Waals surface area contributed by atoms with Crippen molar-refractivity contribution in [2.75, 3.05) is 11.9 Å². The molecule has 0 spiro atoms. The van der Waals surface area contributed by atoms with Crippen LogP contribution in [0.3, 0.4) is 0 Å². The van der Waals surface area contributed by atoms with Gasteiger partial charge in [0.05, 0.1) is 5.02 Å². The molecule has 1 aromatic heterocycles. The van der Waals surface area contributed by atoms with E-state index in [0.717, 1.165) is 29.3 Å². The zero-order chi connectivity index (χ0) is 14.8. The average molecular weight is 308 g/mol. The average Bonchev–Trinajstić information content (AvgIpc) is 3.29. The van der Waals surface area contributed by atoms with Gasteiger partial charge in [0.15, 0.2) is 0 Å². The summed E-state index contributed by atoms with van der Waals surface area (Å²) in [6.45, 7) is 3.23. The van der Waals surface area contributed by atoms with Crippen LogP contribution in [0, 0.1) is 5.92 Å². The van der Waals surface area contributed by atoms with E-state index in [0.29, 0.717) is 6.04 Å². The molecule has 3 rings (SSSR count). The highest BCUT2D eigenvalue weighted by molar-refractivity contribution is 6.33. The summed E-state index contributed by atoms with van der Waals surface area (Å²) in [5, 5.41) is 4.29. The molecule has 21 heavy (non-hydrogen) atoms. The quantitative estimate of drug-likeness (QED) is 0.891. The number of nitrogens with one attached hydrogen (secondary N) is 1. The standard InChI is InChI=1S/C17H26ClN3/c1-12-3-7-15(8-4-12)21(2)17-16(18)9-13(11-20-17)10-19-14-5-6-14/h9,11-12,14-15,19H,3-8,10H2,1-2H3. The third kappa shape index (κ3) is 3.89. The number of aromatic nitrogens is 1. The Kier molecular flexibility index (Phi) is 4.70. The molecule has 0 saturated heterocycles. The van der Waals surface area contributed by atoms with Gasteiger partial charge in [0, 0.05) is 31.9 Å². The Labute approximate surface area is 133 Å². The van der Waals surface area contributed by atoms with Gasteiger partial charge in [-0.3, -0.25) is 0 Å². The third-order valence-electron chi connectivity index (χ3n) is 4.92. The Balaban J connectivity index is 1.63. The van der Waals surface area contributed by atoms with E-state index in [-0.39, 0.29) is 0 Å². The van der Waals surface area contributed by atoms with Crippen molar-refractivity contribution in [3.05, 3.63) is 22.8 Å². The van der Waals surface area contributed by atoms with Crippen LogP contribution in [0.5, 0.6) is 0 Å². The van der Waals surface area contributed by atoms with Crippen LogP contribution in [0.15, 0.2) is 12.3 Å². The second-order valence-electron chi connectivity index (χ2n) is 6.83. The van der Waals surface area contributed by atoms with Crippen molar-refractivity contribution in [1.82, 2.24) is 10.3 Å². The van der Waals surface area contributed by atoms with Crippen LogP contribution in [0.4, 0.5) is 5.82 Å². The molecule has 0 aliphatic heterocycles. The monoisotopic (exact) mass is 307 g/mol. The van der Waals surface area contributed by atoms with Gasteiger partial charge < -0.3 is 10.2 Å². The molecule has 1 heterocycles. The van der Waals surface area contributed by atoms with Crippen molar-refractivity contribution in [2.24, 2.45) is 5.92 Å². The molecule has 0 aromatic carbocycles. The largest absolute Gasteiger partial charge is 0.355 e. The minimum atomic E-state index is 0.585. The molecule has 116 valence electrons. The van der Waals surface area contributed by atoms with E-state index in [1.807, 2.05) is 6.20 Å². The fraction of sp³-hybridized carbons (Fsp3) is 0.706. The minimum Gasteiger partial charge on any atom is -0.355 e. The molecule has 2 aliphatic rings. The lowest BCUT2D eigenvalue weighted by molar-refractivity contribution is 0.340. The van der Waals surface area contributed by atoms with Crippen molar-refractivity contribution in [3.8, 4) is 0 Å². The Morgan fingerprint density at radius 1 is 1.24 bits per heavy atom. The summed E-state index contributed by atoms with van der Waals surface area (Å²) in [5.74, 6) is 1.81. The number of anilines is 1. The lowest BCUT2D eigenvalue weighted by atomic mass is 9.87. The lowest BCUT2D eigenvalue weighted by Gasteiger charge is -2.34. The van der Waals surface area contributed by atoms with Gasteiger partial charge in [-0.1, -0.05) is 18.5 Å². The van der Waals surface area contributed by atoms with Crippen molar-refractivity contribution in [1.29, 1.82) is 0 Å². The highest BCUT2D eigenvalue weighted by atomic mass is 35.5. The van der Waals surface area contributed by atoms with Crippen LogP contribution in [-0.4, -0.2) is 24.1 Å². The molecule has 3 nitrogen and oxygen atoms in total. The lowest BCUT2D eigenvalue weighted by Crippen LogP contribution is -2.35. The van der Waals surface area contributed by atoms with Gasteiger partial charge in [0.25, 0.3) is 0 Å². The molecule has 2 saturated carbocycles. The van der Waals surface area contributed by atoms with E-state index in [2.05, 4.69) is 35.2 Å². The van der Waals surface area contributed by atoms with Crippen molar-refractivity contribution in [2.45, 2.75) is 64.1 Å². The SMILES string of the molecule is CC1CCC(N(C)c2ncc(CNC3CC3)cc2Cl)CC1. The van der Waals surface area contributed by atoms with E-state index in [1.54, 1.807) is 0 Å². The van der Waals surface area contributed by atoms with Gasteiger partial charge in [0.2, 0.25) is 0 Å². The minimum absolute atomic E-state index is 0.585. The number of hydrogen-bond acceptors (Lipinski definition) is 3. The third-order valence-corrected chi connectivity index (χ3v) is 5.20. The van der Waals surface area contributed by atoms with Gasteiger partial charge in [-0.15, -0.1) is 0 Å². The maximum absolute atomic E-state index is 6.47. The fourth-order valence-corrected chi connectivity index (χ4v) is 3.50. The summed E-state index contributed by atoms with van der Waals surface area (Å²) in [5.41, 5.74) is 1.18. The van der Waals surface area contributed by atoms with Gasteiger partial charge >= 0.3 is 0 Å². The topological polar surface area (TPSA) is 28.2 Å². The van der Waals surface area contributed by atoms with Crippen LogP contribution in [0.25, 0.3) is 0 Å². The first-order valence-corrected chi connectivity index (χ1v) is 8.62. The maximum atomic E-state index is 6.47. The molecule has 2 fully saturated rings. The summed E-state index contributed by atoms with van der Waals surface area (Å²) in [6.07, 6.45) is 9.72. The van der Waals surface area contributed by atoms with Gasteiger partial charge in [0.1, 0.15) is 5.82 Å². The Morgan fingerprint density at radius 2 is 1.95 bits per heavy atom. The molecule has 2 aliphatic carbocycles. The number of nitrogens with zero attached hydrogens (tertiary/aromatic N) is 2. The smallest absolute Gasteiger partial charge is 0.147 e. The highest BCUT2D eigenvalue weighted by Gasteiger charge is 2.24. The summed E-state index contributed by atoms with van der Waals surface area (Å²) >= 11 is 6.47. The van der Waals surface area contributed by atoms with Crippen molar-refractivity contribution in [3.63, 3.8) is 0 Å². The van der Waals surface area contributed by atoms with Crippen molar-refractivity contribution >= 4 is 17.4 Å². The fourth-order valence-electron chi connectivity index (χ4n) is 3.18. The molecule has 0 atom stereocenters. The summed E-state index contributed by atoms with van der Waals surface area (Å²) < 4.78 is 0. The van der Waals surface area contributed by atoms with Crippen LogP contribution in [0.1, 0.15) is 51.0 Å². The van der Waals surface area contributed by atoms with Crippen LogP contribution in [0.2, 0.25) is 5.02 Å². The predicted octanol–water partition coefficient (Wildman–Crippen LogP) is 4.00.